The summed E-state index contributed by atoms with van der Waals surface area (Å²) in [5.41, 5.74) is 0.888. The first-order chi connectivity index (χ1) is 12.1. The number of esters is 1. The summed E-state index contributed by atoms with van der Waals surface area (Å²) >= 11 is 5.97. The van der Waals surface area contributed by atoms with Gasteiger partial charge >= 0.3 is 5.97 Å². The second-order valence-corrected chi connectivity index (χ2v) is 5.74. The first-order valence-corrected chi connectivity index (χ1v) is 8.42. The number of para-hydroxylation sites is 1. The summed E-state index contributed by atoms with van der Waals surface area (Å²) in [6.45, 7) is 2.22. The van der Waals surface area contributed by atoms with Gasteiger partial charge in [0.05, 0.1) is 17.2 Å². The molecule has 1 amide bonds. The number of unbranched alkanes of at least 4 members (excludes halogenated alkanes) is 1. The largest absolute Gasteiger partial charge is 0.482 e. The minimum atomic E-state index is -0.406. The standard InChI is InChI=1S/C19H20ClNO4/c1-2-3-11-24-19(23)14-7-6-8-15(12-14)21-18(22)13-25-17-10-5-4-9-16(17)20/h4-10,12H,2-3,11,13H2,1H3,(H,21,22). The lowest BCUT2D eigenvalue weighted by atomic mass is 10.2. The first kappa shape index (κ1) is 18.8. The Balaban J connectivity index is 1.89. The molecular formula is C19H20ClNO4. The van der Waals surface area contributed by atoms with Crippen LogP contribution in [0.4, 0.5) is 5.69 Å². The van der Waals surface area contributed by atoms with E-state index in [9.17, 15) is 9.59 Å². The SMILES string of the molecule is CCCCOC(=O)c1cccc(NC(=O)COc2ccccc2Cl)c1. The fourth-order valence-corrected chi connectivity index (χ4v) is 2.21. The monoisotopic (exact) mass is 361 g/mol. The van der Waals surface area contributed by atoms with E-state index in [1.807, 2.05) is 6.92 Å². The van der Waals surface area contributed by atoms with Crippen molar-refractivity contribution < 1.29 is 19.1 Å². The second kappa shape index (κ2) is 9.69. The molecule has 0 spiro atoms. The van der Waals surface area contributed by atoms with Crippen molar-refractivity contribution in [1.82, 2.24) is 0 Å². The van der Waals surface area contributed by atoms with Crippen molar-refractivity contribution in [2.24, 2.45) is 0 Å². The van der Waals surface area contributed by atoms with Gasteiger partial charge in [0.15, 0.2) is 6.61 Å². The molecule has 0 saturated heterocycles. The summed E-state index contributed by atoms with van der Waals surface area (Å²) in [6, 6.07) is 13.5. The number of hydrogen-bond acceptors (Lipinski definition) is 4. The van der Waals surface area contributed by atoms with Crippen molar-refractivity contribution in [3.05, 3.63) is 59.1 Å². The van der Waals surface area contributed by atoms with Crippen molar-refractivity contribution in [3.63, 3.8) is 0 Å². The maximum absolute atomic E-state index is 12.0. The van der Waals surface area contributed by atoms with E-state index in [1.165, 1.54) is 0 Å². The van der Waals surface area contributed by atoms with Gasteiger partial charge in [0.25, 0.3) is 5.91 Å². The highest BCUT2D eigenvalue weighted by Crippen LogP contribution is 2.23. The van der Waals surface area contributed by atoms with E-state index in [4.69, 9.17) is 21.1 Å². The van der Waals surface area contributed by atoms with Crippen LogP contribution in [0.1, 0.15) is 30.1 Å². The van der Waals surface area contributed by atoms with Gasteiger partial charge in [0.1, 0.15) is 5.75 Å². The molecule has 0 aliphatic heterocycles. The third-order valence-corrected chi connectivity index (χ3v) is 3.62. The molecule has 0 saturated carbocycles. The highest BCUT2D eigenvalue weighted by Gasteiger charge is 2.10. The zero-order valence-corrected chi connectivity index (χ0v) is 14.7. The predicted molar refractivity (Wildman–Crippen MR) is 97.2 cm³/mol. The fourth-order valence-electron chi connectivity index (χ4n) is 2.02. The zero-order valence-electron chi connectivity index (χ0n) is 14.0. The number of halogens is 1. The molecule has 0 fully saturated rings. The van der Waals surface area contributed by atoms with E-state index in [0.717, 1.165) is 12.8 Å². The number of nitrogens with one attached hydrogen (secondary N) is 1. The van der Waals surface area contributed by atoms with Crippen LogP contribution in [0.2, 0.25) is 5.02 Å². The van der Waals surface area contributed by atoms with E-state index >= 15 is 0 Å². The molecule has 5 nitrogen and oxygen atoms in total. The van der Waals surface area contributed by atoms with Crippen molar-refractivity contribution >= 4 is 29.2 Å². The molecule has 2 aromatic rings. The Morgan fingerprint density at radius 1 is 1.12 bits per heavy atom. The van der Waals surface area contributed by atoms with Crippen LogP contribution in [-0.4, -0.2) is 25.1 Å². The summed E-state index contributed by atoms with van der Waals surface area (Å²) < 4.78 is 10.5. The lowest BCUT2D eigenvalue weighted by Gasteiger charge is -2.09. The van der Waals surface area contributed by atoms with E-state index in [2.05, 4.69) is 5.32 Å². The van der Waals surface area contributed by atoms with Crippen molar-refractivity contribution in [2.45, 2.75) is 19.8 Å². The number of ether oxygens (including phenoxy) is 2. The Kier molecular flexibility index (Phi) is 7.29. The number of anilines is 1. The third-order valence-electron chi connectivity index (χ3n) is 3.31. The van der Waals surface area contributed by atoms with Gasteiger partial charge in [-0.15, -0.1) is 0 Å². The number of carbonyl (C=O) groups excluding carboxylic acids is 2. The van der Waals surface area contributed by atoms with Crippen LogP contribution >= 0.6 is 11.6 Å². The van der Waals surface area contributed by atoms with E-state index in [-0.39, 0.29) is 12.5 Å². The summed E-state index contributed by atoms with van der Waals surface area (Å²) in [5, 5.41) is 3.12. The Morgan fingerprint density at radius 3 is 2.68 bits per heavy atom. The predicted octanol–water partition coefficient (Wildman–Crippen LogP) is 4.31. The van der Waals surface area contributed by atoms with Crippen LogP contribution in [-0.2, 0) is 9.53 Å². The number of rotatable bonds is 8. The van der Waals surface area contributed by atoms with E-state index in [0.29, 0.717) is 28.6 Å². The van der Waals surface area contributed by atoms with Gasteiger partial charge < -0.3 is 14.8 Å². The van der Waals surface area contributed by atoms with Gasteiger partial charge in [-0.1, -0.05) is 43.1 Å². The summed E-state index contributed by atoms with van der Waals surface area (Å²) in [5.74, 6) is -0.319. The number of hydrogen-bond donors (Lipinski definition) is 1. The maximum Gasteiger partial charge on any atom is 0.338 e. The molecule has 25 heavy (non-hydrogen) atoms. The quantitative estimate of drug-likeness (QED) is 0.562. The van der Waals surface area contributed by atoms with Gasteiger partial charge in [-0.25, -0.2) is 4.79 Å². The van der Waals surface area contributed by atoms with Crippen LogP contribution in [0, 0.1) is 0 Å². The van der Waals surface area contributed by atoms with Gasteiger partial charge in [-0.2, -0.15) is 0 Å². The Labute approximate surface area is 151 Å². The highest BCUT2D eigenvalue weighted by atomic mass is 35.5. The average molecular weight is 362 g/mol. The van der Waals surface area contributed by atoms with Crippen LogP contribution in [0.3, 0.4) is 0 Å². The molecule has 6 heteroatoms. The Hall–Kier alpha value is -2.53. The third kappa shape index (κ3) is 6.12. The summed E-state index contributed by atoms with van der Waals surface area (Å²) in [6.07, 6.45) is 1.77. The molecule has 0 heterocycles. The minimum Gasteiger partial charge on any atom is -0.482 e. The summed E-state index contributed by atoms with van der Waals surface area (Å²) in [7, 11) is 0. The molecule has 0 aliphatic carbocycles. The molecule has 0 atom stereocenters. The van der Waals surface area contributed by atoms with Crippen LogP contribution < -0.4 is 10.1 Å². The van der Waals surface area contributed by atoms with E-state index in [1.54, 1.807) is 48.5 Å². The van der Waals surface area contributed by atoms with Crippen LogP contribution in [0.25, 0.3) is 0 Å². The molecule has 0 bridgehead atoms. The lowest BCUT2D eigenvalue weighted by molar-refractivity contribution is -0.118. The lowest BCUT2D eigenvalue weighted by Crippen LogP contribution is -2.20. The molecule has 0 radical (unpaired) electrons. The molecule has 0 aliphatic rings. The molecule has 0 aromatic heterocycles. The minimum absolute atomic E-state index is 0.186. The van der Waals surface area contributed by atoms with Crippen LogP contribution in [0.15, 0.2) is 48.5 Å². The number of benzene rings is 2. The highest BCUT2D eigenvalue weighted by molar-refractivity contribution is 6.32. The van der Waals surface area contributed by atoms with Gasteiger partial charge in [-0.05, 0) is 36.8 Å². The van der Waals surface area contributed by atoms with Crippen molar-refractivity contribution in [2.75, 3.05) is 18.5 Å². The molecular weight excluding hydrogens is 342 g/mol. The van der Waals surface area contributed by atoms with Gasteiger partial charge in [-0.3, -0.25) is 4.79 Å². The number of amides is 1. The maximum atomic E-state index is 12.0. The second-order valence-electron chi connectivity index (χ2n) is 5.34. The Bertz CT molecular complexity index is 733. The van der Waals surface area contributed by atoms with Gasteiger partial charge in [0.2, 0.25) is 0 Å². The van der Waals surface area contributed by atoms with Crippen molar-refractivity contribution in [3.8, 4) is 5.75 Å². The topological polar surface area (TPSA) is 64.6 Å². The van der Waals surface area contributed by atoms with Gasteiger partial charge in [0, 0.05) is 5.69 Å². The van der Waals surface area contributed by atoms with E-state index < -0.39 is 5.97 Å². The fraction of sp³-hybridized carbons (Fsp3) is 0.263. The van der Waals surface area contributed by atoms with Crippen LogP contribution in [0.5, 0.6) is 5.75 Å². The zero-order chi connectivity index (χ0) is 18.1. The normalized spacial score (nSPS) is 10.2. The molecule has 1 N–H and O–H groups in total. The first-order valence-electron chi connectivity index (χ1n) is 8.04. The Morgan fingerprint density at radius 2 is 1.92 bits per heavy atom. The molecule has 132 valence electrons. The molecule has 0 unspecified atom stereocenters. The van der Waals surface area contributed by atoms with Crippen molar-refractivity contribution in [1.29, 1.82) is 0 Å². The average Bonchev–Trinajstić information content (AvgIpc) is 2.61. The smallest absolute Gasteiger partial charge is 0.338 e. The summed E-state index contributed by atoms with van der Waals surface area (Å²) in [4.78, 5) is 23.9. The molecule has 2 rings (SSSR count). The molecule has 2 aromatic carbocycles. The number of carbonyl (C=O) groups is 2.